The number of carbonyl (C=O) groups excluding carboxylic acids is 2. The van der Waals surface area contributed by atoms with Crippen LogP contribution in [-0.4, -0.2) is 27.4 Å². The van der Waals surface area contributed by atoms with Gasteiger partial charge in [-0.05, 0) is 80.5 Å². The van der Waals surface area contributed by atoms with E-state index < -0.39 is 6.04 Å². The van der Waals surface area contributed by atoms with Gasteiger partial charge in [-0.3, -0.25) is 14.5 Å². The average Bonchev–Trinajstić information content (AvgIpc) is 3.47. The van der Waals surface area contributed by atoms with E-state index >= 15 is 0 Å². The number of aryl methyl sites for hydroxylation is 3. The van der Waals surface area contributed by atoms with E-state index in [1.165, 1.54) is 4.90 Å². The SMILES string of the molecule is Cc1cc(C)cc(N(C(=O)c2csnn2)[C@H](C(=O)NC2CCCC2)c2ccc(C)o2)c1. The van der Waals surface area contributed by atoms with Crippen molar-refractivity contribution in [3.8, 4) is 0 Å². The lowest BCUT2D eigenvalue weighted by Gasteiger charge is -2.30. The third-order valence-corrected chi connectivity index (χ3v) is 6.03. The molecule has 0 bridgehead atoms. The summed E-state index contributed by atoms with van der Waals surface area (Å²) in [6.07, 6.45) is 4.09. The monoisotopic (exact) mass is 438 g/mol. The molecule has 31 heavy (non-hydrogen) atoms. The number of nitrogens with zero attached hydrogens (tertiary/aromatic N) is 3. The minimum atomic E-state index is -0.954. The van der Waals surface area contributed by atoms with Crippen LogP contribution < -0.4 is 10.2 Å². The van der Waals surface area contributed by atoms with Crippen molar-refractivity contribution in [1.82, 2.24) is 14.9 Å². The van der Waals surface area contributed by atoms with Crippen molar-refractivity contribution in [3.63, 3.8) is 0 Å². The molecule has 1 fully saturated rings. The van der Waals surface area contributed by atoms with Gasteiger partial charge < -0.3 is 9.73 Å². The van der Waals surface area contributed by atoms with Gasteiger partial charge in [0.2, 0.25) is 0 Å². The van der Waals surface area contributed by atoms with E-state index in [9.17, 15) is 9.59 Å². The fourth-order valence-corrected chi connectivity index (χ4v) is 4.61. The van der Waals surface area contributed by atoms with Gasteiger partial charge in [0.25, 0.3) is 11.8 Å². The van der Waals surface area contributed by atoms with Gasteiger partial charge >= 0.3 is 0 Å². The van der Waals surface area contributed by atoms with E-state index in [1.54, 1.807) is 17.5 Å². The van der Waals surface area contributed by atoms with Crippen LogP contribution in [0.5, 0.6) is 0 Å². The lowest BCUT2D eigenvalue weighted by atomic mass is 10.1. The van der Waals surface area contributed by atoms with Crippen molar-refractivity contribution in [2.75, 3.05) is 4.90 Å². The maximum Gasteiger partial charge on any atom is 0.280 e. The highest BCUT2D eigenvalue weighted by Gasteiger charge is 2.37. The Kier molecular flexibility index (Phi) is 6.18. The molecule has 2 aromatic heterocycles. The minimum absolute atomic E-state index is 0.114. The Bertz CT molecular complexity index is 1050. The van der Waals surface area contributed by atoms with Gasteiger partial charge in [0.15, 0.2) is 11.7 Å². The number of nitrogens with one attached hydrogen (secondary N) is 1. The lowest BCUT2D eigenvalue weighted by Crippen LogP contribution is -2.46. The number of hydrogen-bond donors (Lipinski definition) is 1. The van der Waals surface area contributed by atoms with Crippen molar-refractivity contribution < 1.29 is 14.0 Å². The Hall–Kier alpha value is -3.00. The Morgan fingerprint density at radius 2 is 1.84 bits per heavy atom. The number of carbonyl (C=O) groups is 2. The summed E-state index contributed by atoms with van der Waals surface area (Å²) in [7, 11) is 0. The zero-order chi connectivity index (χ0) is 22.0. The molecule has 1 aliphatic carbocycles. The summed E-state index contributed by atoms with van der Waals surface area (Å²) >= 11 is 1.10. The summed E-state index contributed by atoms with van der Waals surface area (Å²) in [5.74, 6) is 0.455. The number of amides is 2. The molecule has 4 rings (SSSR count). The van der Waals surface area contributed by atoms with Crippen molar-refractivity contribution >= 4 is 29.0 Å². The van der Waals surface area contributed by atoms with Gasteiger partial charge in [0, 0.05) is 17.1 Å². The van der Waals surface area contributed by atoms with Gasteiger partial charge in [-0.1, -0.05) is 23.4 Å². The molecule has 1 N–H and O–H groups in total. The van der Waals surface area contributed by atoms with E-state index in [0.717, 1.165) is 48.3 Å². The van der Waals surface area contributed by atoms with Crippen LogP contribution in [0.15, 0.2) is 40.1 Å². The lowest BCUT2D eigenvalue weighted by molar-refractivity contribution is -0.123. The first-order valence-electron chi connectivity index (χ1n) is 10.5. The highest BCUT2D eigenvalue weighted by molar-refractivity contribution is 7.03. The molecule has 1 saturated carbocycles. The number of anilines is 1. The summed E-state index contributed by atoms with van der Waals surface area (Å²) in [4.78, 5) is 28.7. The van der Waals surface area contributed by atoms with Crippen LogP contribution in [0.25, 0.3) is 0 Å². The van der Waals surface area contributed by atoms with Crippen molar-refractivity contribution in [3.05, 3.63) is 64.1 Å². The van der Waals surface area contributed by atoms with Gasteiger partial charge in [0.1, 0.15) is 11.5 Å². The molecular formula is C23H26N4O3S. The molecule has 0 unspecified atom stereocenters. The molecule has 0 radical (unpaired) electrons. The quantitative estimate of drug-likeness (QED) is 0.612. The summed E-state index contributed by atoms with van der Waals surface area (Å²) in [6.45, 7) is 5.76. The standard InChI is InChI=1S/C23H26N4O3S/c1-14-10-15(2)12-18(11-14)27(23(29)19-13-31-26-25-19)21(20-9-8-16(3)30-20)22(28)24-17-6-4-5-7-17/h8-13,17,21H,4-7H2,1-3H3,(H,24,28)/t21-/m0/s1. The Morgan fingerprint density at radius 3 is 2.42 bits per heavy atom. The van der Waals surface area contributed by atoms with E-state index in [1.807, 2.05) is 39.0 Å². The third kappa shape index (κ3) is 4.69. The van der Waals surface area contributed by atoms with Gasteiger partial charge in [0.05, 0.1) is 0 Å². The fourth-order valence-electron chi connectivity index (χ4n) is 4.18. The summed E-state index contributed by atoms with van der Waals surface area (Å²) in [5.41, 5.74) is 2.81. The Balaban J connectivity index is 1.82. The second-order valence-electron chi connectivity index (χ2n) is 8.15. The number of rotatable bonds is 6. The number of furan rings is 1. The van der Waals surface area contributed by atoms with E-state index in [0.29, 0.717) is 17.2 Å². The first-order valence-corrected chi connectivity index (χ1v) is 11.3. The Labute approximate surface area is 185 Å². The van der Waals surface area contributed by atoms with E-state index in [-0.39, 0.29) is 23.6 Å². The first-order chi connectivity index (χ1) is 14.9. The van der Waals surface area contributed by atoms with Crippen LogP contribution in [0, 0.1) is 20.8 Å². The summed E-state index contributed by atoms with van der Waals surface area (Å²) in [6, 6.07) is 8.55. The molecule has 0 aliphatic heterocycles. The van der Waals surface area contributed by atoms with Gasteiger partial charge in [-0.15, -0.1) is 5.10 Å². The normalized spacial score (nSPS) is 15.1. The summed E-state index contributed by atoms with van der Waals surface area (Å²) < 4.78 is 9.71. The largest absolute Gasteiger partial charge is 0.464 e. The third-order valence-electron chi connectivity index (χ3n) is 5.52. The maximum absolute atomic E-state index is 13.6. The number of benzene rings is 1. The highest BCUT2D eigenvalue weighted by atomic mass is 32.1. The summed E-state index contributed by atoms with van der Waals surface area (Å²) in [5, 5.41) is 8.70. The van der Waals surface area contributed by atoms with Crippen molar-refractivity contribution in [2.24, 2.45) is 0 Å². The predicted molar refractivity (Wildman–Crippen MR) is 119 cm³/mol. The molecule has 1 aliphatic rings. The molecule has 3 aromatic rings. The molecule has 162 valence electrons. The zero-order valence-corrected chi connectivity index (χ0v) is 18.7. The molecule has 8 heteroatoms. The smallest absolute Gasteiger partial charge is 0.280 e. The van der Waals surface area contributed by atoms with Crippen molar-refractivity contribution in [1.29, 1.82) is 0 Å². The van der Waals surface area contributed by atoms with Crippen molar-refractivity contribution in [2.45, 2.75) is 58.5 Å². The number of aromatic nitrogens is 2. The molecule has 2 heterocycles. The number of hydrogen-bond acceptors (Lipinski definition) is 6. The van der Waals surface area contributed by atoms with Crippen LogP contribution in [0.3, 0.4) is 0 Å². The molecule has 1 aromatic carbocycles. The topological polar surface area (TPSA) is 88.3 Å². The molecule has 0 saturated heterocycles. The minimum Gasteiger partial charge on any atom is -0.464 e. The maximum atomic E-state index is 13.6. The molecule has 7 nitrogen and oxygen atoms in total. The van der Waals surface area contributed by atoms with Crippen LogP contribution in [0.2, 0.25) is 0 Å². The zero-order valence-electron chi connectivity index (χ0n) is 17.9. The highest BCUT2D eigenvalue weighted by Crippen LogP contribution is 2.32. The van der Waals surface area contributed by atoms with E-state index in [4.69, 9.17) is 4.42 Å². The van der Waals surface area contributed by atoms with Crippen LogP contribution in [-0.2, 0) is 4.79 Å². The molecule has 2 amide bonds. The van der Waals surface area contributed by atoms with Gasteiger partial charge in [-0.25, -0.2) is 0 Å². The Morgan fingerprint density at radius 1 is 1.13 bits per heavy atom. The van der Waals surface area contributed by atoms with E-state index in [2.05, 4.69) is 14.9 Å². The predicted octanol–water partition coefficient (Wildman–Crippen LogP) is 4.50. The van der Waals surface area contributed by atoms with Crippen LogP contribution in [0.1, 0.15) is 64.9 Å². The first kappa shape index (κ1) is 21.2. The fraction of sp³-hybridized carbons (Fsp3) is 0.391. The molecular weight excluding hydrogens is 412 g/mol. The second-order valence-corrected chi connectivity index (χ2v) is 8.76. The van der Waals surface area contributed by atoms with Gasteiger partial charge in [-0.2, -0.15) is 0 Å². The average molecular weight is 439 g/mol. The van der Waals surface area contributed by atoms with Crippen LogP contribution in [0.4, 0.5) is 5.69 Å². The molecule has 0 spiro atoms. The second kappa shape index (κ2) is 9.01. The molecule has 1 atom stereocenters. The van der Waals surface area contributed by atoms with Crippen LogP contribution >= 0.6 is 11.5 Å².